The fourth-order valence-corrected chi connectivity index (χ4v) is 2.28. The van der Waals surface area contributed by atoms with Crippen LogP contribution in [-0.2, 0) is 11.7 Å². The van der Waals surface area contributed by atoms with Crippen LogP contribution < -0.4 is 0 Å². The van der Waals surface area contributed by atoms with Gasteiger partial charge in [-0.05, 0) is 43.4 Å². The summed E-state index contributed by atoms with van der Waals surface area (Å²) in [5.74, 6) is 0. The second-order valence-electron chi connectivity index (χ2n) is 3.93. The molecule has 0 unspecified atom stereocenters. The molecule has 0 aromatic carbocycles. The molecule has 2 nitrogen and oxygen atoms in total. The van der Waals surface area contributed by atoms with Crippen LogP contribution in [0.15, 0.2) is 6.20 Å². The minimum atomic E-state index is -4.32. The molecule has 1 aromatic heterocycles. The van der Waals surface area contributed by atoms with Crippen LogP contribution in [0.2, 0.25) is 0 Å². The number of nitrogens with zero attached hydrogens (tertiary/aromatic N) is 2. The summed E-state index contributed by atoms with van der Waals surface area (Å²) in [4.78, 5) is 0. The quantitative estimate of drug-likeness (QED) is 0.672. The molecule has 0 bridgehead atoms. The van der Waals surface area contributed by atoms with Gasteiger partial charge in [-0.1, -0.05) is 0 Å². The number of aromatic nitrogens is 2. The number of hydrogen-bond donors (Lipinski definition) is 0. The van der Waals surface area contributed by atoms with Crippen molar-refractivity contribution in [3.63, 3.8) is 0 Å². The molecule has 0 spiro atoms. The second kappa shape index (κ2) is 3.39. The average Bonchev–Trinajstić information content (AvgIpc) is 2.26. The zero-order valence-electron chi connectivity index (χ0n) is 7.98. The van der Waals surface area contributed by atoms with Crippen LogP contribution in [0.1, 0.15) is 26.3 Å². The van der Waals surface area contributed by atoms with Crippen LogP contribution in [0, 0.1) is 3.70 Å². The van der Waals surface area contributed by atoms with E-state index in [1.54, 1.807) is 22.6 Å². The SMILES string of the molecule is CC(C)(C)n1ncc(C(F)(F)F)c1I. The lowest BCUT2D eigenvalue weighted by molar-refractivity contribution is -0.138. The Kier molecular flexibility index (Phi) is 2.86. The first-order valence-electron chi connectivity index (χ1n) is 3.95. The molecule has 6 heteroatoms. The van der Waals surface area contributed by atoms with Crippen LogP contribution in [-0.4, -0.2) is 9.78 Å². The molecule has 0 saturated carbocycles. The van der Waals surface area contributed by atoms with E-state index < -0.39 is 17.3 Å². The Morgan fingerprint density at radius 3 is 2.00 bits per heavy atom. The number of alkyl halides is 3. The van der Waals surface area contributed by atoms with Crippen LogP contribution in [0.5, 0.6) is 0 Å². The summed E-state index contributed by atoms with van der Waals surface area (Å²) in [5, 5.41) is 3.74. The van der Waals surface area contributed by atoms with Crippen LogP contribution in [0.25, 0.3) is 0 Å². The molecule has 0 aliphatic heterocycles. The van der Waals surface area contributed by atoms with Gasteiger partial charge in [0.25, 0.3) is 0 Å². The van der Waals surface area contributed by atoms with Gasteiger partial charge in [0.1, 0.15) is 9.26 Å². The van der Waals surface area contributed by atoms with Gasteiger partial charge >= 0.3 is 6.18 Å². The van der Waals surface area contributed by atoms with Crippen molar-refractivity contribution in [2.75, 3.05) is 0 Å². The topological polar surface area (TPSA) is 17.8 Å². The lowest BCUT2D eigenvalue weighted by Crippen LogP contribution is -2.25. The van der Waals surface area contributed by atoms with E-state index in [0.717, 1.165) is 6.20 Å². The summed E-state index contributed by atoms with van der Waals surface area (Å²) < 4.78 is 38.7. The molecule has 0 aliphatic rings. The Hall–Kier alpha value is -0.270. The molecule has 0 fully saturated rings. The average molecular weight is 318 g/mol. The third kappa shape index (κ3) is 2.21. The van der Waals surface area contributed by atoms with Crippen molar-refractivity contribution in [3.05, 3.63) is 15.5 Å². The number of halogens is 4. The fraction of sp³-hybridized carbons (Fsp3) is 0.625. The van der Waals surface area contributed by atoms with Gasteiger partial charge in [0.05, 0.1) is 11.7 Å². The van der Waals surface area contributed by atoms with E-state index in [4.69, 9.17) is 0 Å². The Morgan fingerprint density at radius 1 is 1.29 bits per heavy atom. The van der Waals surface area contributed by atoms with E-state index in [1.807, 2.05) is 20.8 Å². The minimum absolute atomic E-state index is 0.127. The number of rotatable bonds is 0. The van der Waals surface area contributed by atoms with Crippen LogP contribution in [0.4, 0.5) is 13.2 Å². The van der Waals surface area contributed by atoms with Gasteiger partial charge in [0, 0.05) is 0 Å². The molecule has 1 aromatic rings. The second-order valence-corrected chi connectivity index (χ2v) is 4.95. The van der Waals surface area contributed by atoms with E-state index in [9.17, 15) is 13.2 Å². The minimum Gasteiger partial charge on any atom is -0.253 e. The Labute approximate surface area is 93.6 Å². The fourth-order valence-electron chi connectivity index (χ4n) is 0.991. The maximum absolute atomic E-state index is 12.4. The molecule has 0 N–H and O–H groups in total. The predicted octanol–water partition coefficient (Wildman–Crippen LogP) is 3.26. The van der Waals surface area contributed by atoms with Crippen molar-refractivity contribution < 1.29 is 13.2 Å². The molecule has 80 valence electrons. The Balaban J connectivity index is 3.23. The molecule has 1 heterocycles. The highest BCUT2D eigenvalue weighted by Crippen LogP contribution is 2.34. The third-order valence-electron chi connectivity index (χ3n) is 1.65. The first kappa shape index (κ1) is 11.8. The van der Waals surface area contributed by atoms with Gasteiger partial charge in [-0.3, -0.25) is 4.68 Å². The molecular weight excluding hydrogens is 308 g/mol. The van der Waals surface area contributed by atoms with Crippen molar-refractivity contribution in [1.29, 1.82) is 0 Å². The lowest BCUT2D eigenvalue weighted by Gasteiger charge is -2.20. The maximum Gasteiger partial charge on any atom is 0.420 e. The zero-order valence-corrected chi connectivity index (χ0v) is 10.1. The van der Waals surface area contributed by atoms with Crippen molar-refractivity contribution in [2.45, 2.75) is 32.5 Å². The van der Waals surface area contributed by atoms with Crippen molar-refractivity contribution in [3.8, 4) is 0 Å². The molecule has 0 aliphatic carbocycles. The van der Waals surface area contributed by atoms with E-state index in [2.05, 4.69) is 5.10 Å². The van der Waals surface area contributed by atoms with Crippen molar-refractivity contribution in [1.82, 2.24) is 9.78 Å². The molecular formula is C8H10F3IN2. The molecule has 14 heavy (non-hydrogen) atoms. The highest BCUT2D eigenvalue weighted by atomic mass is 127. The summed E-state index contributed by atoms with van der Waals surface area (Å²) in [6, 6.07) is 0. The first-order valence-corrected chi connectivity index (χ1v) is 5.03. The molecule has 0 radical (unpaired) electrons. The molecule has 0 atom stereocenters. The normalized spacial score (nSPS) is 13.4. The summed E-state index contributed by atoms with van der Waals surface area (Å²) in [5.41, 5.74) is -1.10. The van der Waals surface area contributed by atoms with Gasteiger partial charge < -0.3 is 0 Å². The lowest BCUT2D eigenvalue weighted by atomic mass is 10.1. The molecule has 1 rings (SSSR count). The Morgan fingerprint density at radius 2 is 1.79 bits per heavy atom. The van der Waals surface area contributed by atoms with Gasteiger partial charge in [-0.2, -0.15) is 18.3 Å². The van der Waals surface area contributed by atoms with Crippen LogP contribution in [0.3, 0.4) is 0 Å². The summed E-state index contributed by atoms with van der Waals surface area (Å²) in [6.45, 7) is 5.42. The first-order chi connectivity index (χ1) is 6.14. The van der Waals surface area contributed by atoms with E-state index >= 15 is 0 Å². The van der Waals surface area contributed by atoms with Gasteiger partial charge in [0.2, 0.25) is 0 Å². The highest BCUT2D eigenvalue weighted by Gasteiger charge is 2.36. The standard InChI is InChI=1S/C8H10F3IN2/c1-7(2,3)14-6(12)5(4-13-14)8(9,10)11/h4H,1-3H3. The summed E-state index contributed by atoms with van der Waals surface area (Å²) in [6.07, 6.45) is -3.45. The predicted molar refractivity (Wildman–Crippen MR) is 54.9 cm³/mol. The molecule has 0 amide bonds. The van der Waals surface area contributed by atoms with Crippen molar-refractivity contribution >= 4 is 22.6 Å². The Bertz CT molecular complexity index is 304. The largest absolute Gasteiger partial charge is 0.420 e. The highest BCUT2D eigenvalue weighted by molar-refractivity contribution is 14.1. The van der Waals surface area contributed by atoms with Gasteiger partial charge in [0.15, 0.2) is 0 Å². The van der Waals surface area contributed by atoms with Gasteiger partial charge in [-0.15, -0.1) is 0 Å². The van der Waals surface area contributed by atoms with E-state index in [-0.39, 0.29) is 3.70 Å². The van der Waals surface area contributed by atoms with Crippen molar-refractivity contribution in [2.24, 2.45) is 0 Å². The maximum atomic E-state index is 12.4. The number of hydrogen-bond acceptors (Lipinski definition) is 1. The van der Waals surface area contributed by atoms with E-state index in [0.29, 0.717) is 0 Å². The monoisotopic (exact) mass is 318 g/mol. The summed E-state index contributed by atoms with van der Waals surface area (Å²) in [7, 11) is 0. The van der Waals surface area contributed by atoms with E-state index in [1.165, 1.54) is 4.68 Å². The third-order valence-corrected chi connectivity index (χ3v) is 2.69. The van der Waals surface area contributed by atoms with Gasteiger partial charge in [-0.25, -0.2) is 0 Å². The smallest absolute Gasteiger partial charge is 0.253 e. The zero-order chi connectivity index (χ0) is 11.1. The molecule has 0 saturated heterocycles. The summed E-state index contributed by atoms with van der Waals surface area (Å²) >= 11 is 1.67. The van der Waals surface area contributed by atoms with Crippen LogP contribution >= 0.6 is 22.6 Å².